The molecule has 2 aliphatic heterocycles. The van der Waals surface area contributed by atoms with Crippen LogP contribution in [0, 0.1) is 0 Å². The standard InChI is InChI=1S/C22H26N4O4/c1-16(17-6-4-3-5-7-17)14-26-15-22(30-21(26)29)10-12-25(13-11-22)20(28)18-8-9-19(27)24(2)23-18/h3-9,16H,10-15H2,1-2H3. The van der Waals surface area contributed by atoms with Gasteiger partial charge in [0.05, 0.1) is 6.54 Å². The Balaban J connectivity index is 1.37. The van der Waals surface area contributed by atoms with Crippen molar-refractivity contribution in [1.82, 2.24) is 19.6 Å². The van der Waals surface area contributed by atoms with E-state index in [0.29, 0.717) is 39.0 Å². The Labute approximate surface area is 175 Å². The van der Waals surface area contributed by atoms with E-state index in [0.717, 1.165) is 4.68 Å². The summed E-state index contributed by atoms with van der Waals surface area (Å²) < 4.78 is 6.95. The third-order valence-electron chi connectivity index (χ3n) is 6.05. The van der Waals surface area contributed by atoms with Crippen LogP contribution in [0.15, 0.2) is 47.3 Å². The van der Waals surface area contributed by atoms with Crippen LogP contribution in [0.5, 0.6) is 0 Å². The lowest BCUT2D eigenvalue weighted by molar-refractivity contribution is 0.00289. The maximum atomic E-state index is 12.7. The molecule has 1 atom stereocenters. The fourth-order valence-electron chi connectivity index (χ4n) is 4.21. The first kappa shape index (κ1) is 20.1. The van der Waals surface area contributed by atoms with E-state index in [1.807, 2.05) is 18.2 Å². The van der Waals surface area contributed by atoms with Gasteiger partial charge in [-0.25, -0.2) is 9.48 Å². The van der Waals surface area contributed by atoms with E-state index in [1.165, 1.54) is 24.7 Å². The van der Waals surface area contributed by atoms with Crippen LogP contribution in [0.1, 0.15) is 41.7 Å². The monoisotopic (exact) mass is 410 g/mol. The summed E-state index contributed by atoms with van der Waals surface area (Å²) in [6.07, 6.45) is 0.899. The average molecular weight is 410 g/mol. The van der Waals surface area contributed by atoms with Crippen molar-refractivity contribution >= 4 is 12.0 Å². The van der Waals surface area contributed by atoms with E-state index >= 15 is 0 Å². The van der Waals surface area contributed by atoms with Crippen LogP contribution < -0.4 is 5.56 Å². The van der Waals surface area contributed by atoms with Gasteiger partial charge in [-0.15, -0.1) is 0 Å². The molecule has 1 aromatic heterocycles. The van der Waals surface area contributed by atoms with Gasteiger partial charge >= 0.3 is 6.09 Å². The summed E-state index contributed by atoms with van der Waals surface area (Å²) in [7, 11) is 1.52. The molecule has 2 fully saturated rings. The van der Waals surface area contributed by atoms with E-state index in [-0.39, 0.29) is 29.2 Å². The van der Waals surface area contributed by atoms with Crippen molar-refractivity contribution in [2.45, 2.75) is 31.3 Å². The molecule has 8 heteroatoms. The van der Waals surface area contributed by atoms with Gasteiger partial charge in [0.25, 0.3) is 11.5 Å². The molecule has 30 heavy (non-hydrogen) atoms. The molecule has 0 N–H and O–H groups in total. The molecule has 2 amide bonds. The third kappa shape index (κ3) is 3.94. The molecular formula is C22H26N4O4. The highest BCUT2D eigenvalue weighted by Gasteiger charge is 2.47. The van der Waals surface area contributed by atoms with Gasteiger partial charge in [-0.3, -0.25) is 9.59 Å². The van der Waals surface area contributed by atoms with Gasteiger partial charge < -0.3 is 14.5 Å². The number of hydrogen-bond acceptors (Lipinski definition) is 5. The molecule has 0 radical (unpaired) electrons. The summed E-state index contributed by atoms with van der Waals surface area (Å²) in [4.78, 5) is 40.2. The summed E-state index contributed by atoms with van der Waals surface area (Å²) >= 11 is 0. The molecule has 0 aliphatic carbocycles. The minimum atomic E-state index is -0.540. The summed E-state index contributed by atoms with van der Waals surface area (Å²) in [5.41, 5.74) is 0.638. The first-order valence-corrected chi connectivity index (χ1v) is 10.2. The second-order valence-corrected chi connectivity index (χ2v) is 8.22. The number of piperidine rings is 1. The molecule has 3 heterocycles. The van der Waals surface area contributed by atoms with Crippen molar-refractivity contribution in [3.05, 3.63) is 64.1 Å². The van der Waals surface area contributed by atoms with E-state index < -0.39 is 5.60 Å². The van der Waals surface area contributed by atoms with Crippen molar-refractivity contribution in [3.8, 4) is 0 Å². The Bertz CT molecular complexity index is 996. The highest BCUT2D eigenvalue weighted by molar-refractivity contribution is 5.92. The summed E-state index contributed by atoms with van der Waals surface area (Å²) in [6, 6.07) is 12.9. The zero-order chi connectivity index (χ0) is 21.3. The van der Waals surface area contributed by atoms with Crippen LogP contribution in [0.25, 0.3) is 0 Å². The van der Waals surface area contributed by atoms with E-state index in [4.69, 9.17) is 4.74 Å². The highest BCUT2D eigenvalue weighted by Crippen LogP contribution is 2.34. The Morgan fingerprint density at radius 2 is 1.83 bits per heavy atom. The molecular weight excluding hydrogens is 384 g/mol. The molecule has 2 saturated heterocycles. The number of carbonyl (C=O) groups excluding carboxylic acids is 2. The molecule has 0 bridgehead atoms. The lowest BCUT2D eigenvalue weighted by Gasteiger charge is -2.37. The molecule has 2 aliphatic rings. The number of ether oxygens (including phenoxy) is 1. The second kappa shape index (κ2) is 7.93. The number of amides is 2. The quantitative estimate of drug-likeness (QED) is 0.770. The number of aromatic nitrogens is 2. The van der Waals surface area contributed by atoms with Crippen LogP contribution in [0.3, 0.4) is 0 Å². The van der Waals surface area contributed by atoms with E-state index in [2.05, 4.69) is 24.2 Å². The van der Waals surface area contributed by atoms with Crippen molar-refractivity contribution in [2.24, 2.45) is 7.05 Å². The van der Waals surface area contributed by atoms with Gasteiger partial charge in [0.1, 0.15) is 11.3 Å². The fraction of sp³-hybridized carbons (Fsp3) is 0.455. The first-order chi connectivity index (χ1) is 14.4. The molecule has 8 nitrogen and oxygen atoms in total. The maximum absolute atomic E-state index is 12.7. The molecule has 0 saturated carbocycles. The van der Waals surface area contributed by atoms with Crippen LogP contribution in [0.2, 0.25) is 0 Å². The summed E-state index contributed by atoms with van der Waals surface area (Å²) in [5, 5.41) is 4.04. The lowest BCUT2D eigenvalue weighted by atomic mass is 9.90. The van der Waals surface area contributed by atoms with Gasteiger partial charge in [-0.1, -0.05) is 37.3 Å². The second-order valence-electron chi connectivity index (χ2n) is 8.22. The van der Waals surface area contributed by atoms with Crippen molar-refractivity contribution in [1.29, 1.82) is 0 Å². The Morgan fingerprint density at radius 3 is 2.50 bits per heavy atom. The van der Waals surface area contributed by atoms with Crippen LogP contribution in [-0.4, -0.2) is 63.4 Å². The molecule has 4 rings (SSSR count). The fourth-order valence-corrected chi connectivity index (χ4v) is 4.21. The topological polar surface area (TPSA) is 84.7 Å². The smallest absolute Gasteiger partial charge is 0.410 e. The lowest BCUT2D eigenvalue weighted by Crippen LogP contribution is -2.49. The summed E-state index contributed by atoms with van der Waals surface area (Å²) in [6.45, 7) is 4.23. The van der Waals surface area contributed by atoms with Gasteiger partial charge in [-0.2, -0.15) is 5.10 Å². The number of nitrogens with zero attached hydrogens (tertiary/aromatic N) is 4. The number of likely N-dealkylation sites (tertiary alicyclic amines) is 1. The minimum Gasteiger partial charge on any atom is -0.441 e. The molecule has 1 aromatic carbocycles. The Kier molecular flexibility index (Phi) is 5.32. The van der Waals surface area contributed by atoms with Gasteiger partial charge in [-0.05, 0) is 17.5 Å². The maximum Gasteiger partial charge on any atom is 0.410 e. The number of rotatable bonds is 4. The van der Waals surface area contributed by atoms with E-state index in [1.54, 1.807) is 9.80 Å². The van der Waals surface area contributed by atoms with Crippen molar-refractivity contribution in [2.75, 3.05) is 26.2 Å². The van der Waals surface area contributed by atoms with Crippen LogP contribution in [0.4, 0.5) is 4.79 Å². The van der Waals surface area contributed by atoms with Crippen LogP contribution >= 0.6 is 0 Å². The Hall–Kier alpha value is -3.16. The number of aryl methyl sites for hydroxylation is 1. The third-order valence-corrected chi connectivity index (χ3v) is 6.05. The number of carbonyl (C=O) groups is 2. The molecule has 2 aromatic rings. The van der Waals surface area contributed by atoms with Gasteiger partial charge in [0.2, 0.25) is 0 Å². The molecule has 1 spiro atoms. The van der Waals surface area contributed by atoms with Crippen LogP contribution in [-0.2, 0) is 11.8 Å². The summed E-state index contributed by atoms with van der Waals surface area (Å²) in [5.74, 6) is 0.00527. The van der Waals surface area contributed by atoms with Gasteiger partial charge in [0, 0.05) is 45.6 Å². The SMILES string of the molecule is CC(CN1CC2(CCN(C(=O)c3ccc(=O)n(C)n3)CC2)OC1=O)c1ccccc1. The zero-order valence-corrected chi connectivity index (χ0v) is 17.3. The van der Waals surface area contributed by atoms with Crippen molar-refractivity contribution < 1.29 is 14.3 Å². The number of hydrogen-bond donors (Lipinski definition) is 0. The zero-order valence-electron chi connectivity index (χ0n) is 17.3. The Morgan fingerprint density at radius 1 is 1.13 bits per heavy atom. The highest BCUT2D eigenvalue weighted by atomic mass is 16.6. The predicted molar refractivity (Wildman–Crippen MR) is 110 cm³/mol. The minimum absolute atomic E-state index is 0.209. The average Bonchev–Trinajstić information content (AvgIpc) is 3.05. The normalized spacial score (nSPS) is 19.1. The largest absolute Gasteiger partial charge is 0.441 e. The van der Waals surface area contributed by atoms with Crippen molar-refractivity contribution in [3.63, 3.8) is 0 Å². The first-order valence-electron chi connectivity index (χ1n) is 10.2. The number of benzene rings is 1. The molecule has 1 unspecified atom stereocenters. The molecule has 158 valence electrons. The van der Waals surface area contributed by atoms with E-state index in [9.17, 15) is 14.4 Å². The van der Waals surface area contributed by atoms with Gasteiger partial charge in [0.15, 0.2) is 0 Å². The predicted octanol–water partition coefficient (Wildman–Crippen LogP) is 2.01.